The van der Waals surface area contributed by atoms with Crippen LogP contribution in [0.5, 0.6) is 0 Å². The molecule has 0 saturated carbocycles. The Hall–Kier alpha value is -0.250. The number of nitrogens with two attached hydrogens (primary N) is 1. The van der Waals surface area contributed by atoms with Crippen LogP contribution in [-0.2, 0) is 0 Å². The van der Waals surface area contributed by atoms with E-state index in [0.29, 0.717) is 15.1 Å². The molecule has 0 bridgehead atoms. The lowest BCUT2D eigenvalue weighted by atomic mass is 10.00. The first-order valence-electron chi connectivity index (χ1n) is 5.14. The predicted octanol–water partition coefficient (Wildman–Crippen LogP) is 5.46. The molecule has 2 aromatic rings. The van der Waals surface area contributed by atoms with Gasteiger partial charge in [-0.15, -0.1) is 0 Å². The zero-order valence-corrected chi connectivity index (χ0v) is 13.0. The third-order valence-corrected chi connectivity index (χ3v) is 4.16. The molecule has 0 heterocycles. The molecule has 0 aliphatic carbocycles. The molecular formula is C13H9BrCl3N. The van der Waals surface area contributed by atoms with E-state index in [9.17, 15) is 0 Å². The molecule has 2 aromatic carbocycles. The summed E-state index contributed by atoms with van der Waals surface area (Å²) in [5.74, 6) is 0. The zero-order chi connectivity index (χ0) is 13.3. The molecule has 1 unspecified atom stereocenters. The number of hydrogen-bond donors (Lipinski definition) is 1. The Morgan fingerprint density at radius 3 is 2.22 bits per heavy atom. The van der Waals surface area contributed by atoms with Crippen molar-refractivity contribution in [2.45, 2.75) is 6.04 Å². The van der Waals surface area contributed by atoms with Crippen molar-refractivity contribution >= 4 is 50.7 Å². The van der Waals surface area contributed by atoms with Gasteiger partial charge in [0.1, 0.15) is 0 Å². The molecular weight excluding hydrogens is 356 g/mol. The largest absolute Gasteiger partial charge is 0.320 e. The van der Waals surface area contributed by atoms with Crippen LogP contribution in [0.25, 0.3) is 0 Å². The third-order valence-electron chi connectivity index (χ3n) is 2.60. The molecule has 0 aliphatic heterocycles. The van der Waals surface area contributed by atoms with Gasteiger partial charge < -0.3 is 5.73 Å². The summed E-state index contributed by atoms with van der Waals surface area (Å²) in [5, 5.41) is 1.61. The highest BCUT2D eigenvalue weighted by molar-refractivity contribution is 9.10. The topological polar surface area (TPSA) is 26.0 Å². The lowest BCUT2D eigenvalue weighted by Gasteiger charge is -2.15. The van der Waals surface area contributed by atoms with Gasteiger partial charge in [0.25, 0.3) is 0 Å². The molecule has 0 amide bonds. The Bertz CT molecular complexity index is 586. The van der Waals surface area contributed by atoms with E-state index in [4.69, 9.17) is 40.5 Å². The molecule has 0 saturated heterocycles. The Balaban J connectivity index is 2.41. The predicted molar refractivity (Wildman–Crippen MR) is 81.6 cm³/mol. The van der Waals surface area contributed by atoms with Crippen LogP contribution in [0.4, 0.5) is 0 Å². The van der Waals surface area contributed by atoms with Gasteiger partial charge in [-0.3, -0.25) is 0 Å². The average Bonchev–Trinajstić information content (AvgIpc) is 2.32. The number of benzene rings is 2. The van der Waals surface area contributed by atoms with Gasteiger partial charge in [-0.05, 0) is 35.4 Å². The Labute approximate surface area is 129 Å². The minimum absolute atomic E-state index is 0.333. The Kier molecular flexibility index (Phi) is 4.57. The van der Waals surface area contributed by atoms with Crippen LogP contribution in [0.1, 0.15) is 17.2 Å². The van der Waals surface area contributed by atoms with Gasteiger partial charge in [-0.1, -0.05) is 62.9 Å². The summed E-state index contributed by atoms with van der Waals surface area (Å²) in [7, 11) is 0. The Morgan fingerprint density at radius 2 is 1.61 bits per heavy atom. The van der Waals surface area contributed by atoms with Crippen LogP contribution in [0.15, 0.2) is 40.9 Å². The summed E-state index contributed by atoms with van der Waals surface area (Å²) in [5.41, 5.74) is 7.90. The van der Waals surface area contributed by atoms with E-state index in [1.54, 1.807) is 12.1 Å². The molecule has 2 rings (SSSR count). The molecule has 0 aromatic heterocycles. The third kappa shape index (κ3) is 3.01. The molecule has 1 atom stereocenters. The summed E-state index contributed by atoms with van der Waals surface area (Å²) in [6, 6.07) is 10.6. The van der Waals surface area contributed by atoms with E-state index >= 15 is 0 Å². The highest BCUT2D eigenvalue weighted by Gasteiger charge is 2.13. The van der Waals surface area contributed by atoms with Crippen LogP contribution in [0.3, 0.4) is 0 Å². The molecule has 1 nitrogen and oxygen atoms in total. The van der Waals surface area contributed by atoms with Crippen molar-refractivity contribution in [2.24, 2.45) is 5.73 Å². The first kappa shape index (κ1) is 14.2. The maximum absolute atomic E-state index is 6.18. The quantitative estimate of drug-likeness (QED) is 0.752. The van der Waals surface area contributed by atoms with E-state index < -0.39 is 0 Å². The minimum Gasteiger partial charge on any atom is -0.320 e. The van der Waals surface area contributed by atoms with Crippen LogP contribution in [0.2, 0.25) is 15.1 Å². The lowest BCUT2D eigenvalue weighted by Crippen LogP contribution is -2.12. The monoisotopic (exact) mass is 363 g/mol. The van der Waals surface area contributed by atoms with Crippen molar-refractivity contribution in [3.8, 4) is 0 Å². The summed E-state index contributed by atoms with van der Waals surface area (Å²) >= 11 is 21.4. The smallest absolute Gasteiger partial charge is 0.0595 e. The van der Waals surface area contributed by atoms with Crippen molar-refractivity contribution in [2.75, 3.05) is 0 Å². The van der Waals surface area contributed by atoms with Crippen LogP contribution < -0.4 is 5.73 Å². The Morgan fingerprint density at radius 1 is 0.889 bits per heavy atom. The summed E-state index contributed by atoms with van der Waals surface area (Å²) in [6.07, 6.45) is 0. The first-order valence-corrected chi connectivity index (χ1v) is 7.07. The first-order chi connectivity index (χ1) is 8.49. The SMILES string of the molecule is NC(c1ccc(Cl)c(Cl)c1)c1ccc(Br)cc1Cl. The highest BCUT2D eigenvalue weighted by Crippen LogP contribution is 2.31. The van der Waals surface area contributed by atoms with Crippen LogP contribution in [0, 0.1) is 0 Å². The van der Waals surface area contributed by atoms with Crippen molar-refractivity contribution in [1.29, 1.82) is 0 Å². The van der Waals surface area contributed by atoms with Crippen LogP contribution in [-0.4, -0.2) is 0 Å². The fourth-order valence-corrected chi connectivity index (χ4v) is 2.74. The summed E-state index contributed by atoms with van der Waals surface area (Å²) in [4.78, 5) is 0. The fourth-order valence-electron chi connectivity index (χ4n) is 1.64. The van der Waals surface area contributed by atoms with E-state index in [2.05, 4.69) is 15.9 Å². The average molecular weight is 365 g/mol. The van der Waals surface area contributed by atoms with Crippen molar-refractivity contribution in [1.82, 2.24) is 0 Å². The molecule has 18 heavy (non-hydrogen) atoms. The van der Waals surface area contributed by atoms with Crippen molar-refractivity contribution in [3.05, 3.63) is 67.1 Å². The lowest BCUT2D eigenvalue weighted by molar-refractivity contribution is 0.871. The standard InChI is InChI=1S/C13H9BrCl3N/c14-8-2-3-9(11(16)6-8)13(18)7-1-4-10(15)12(17)5-7/h1-6,13H,18H2. The van der Waals surface area contributed by atoms with Gasteiger partial charge in [0, 0.05) is 9.50 Å². The number of rotatable bonds is 2. The normalized spacial score (nSPS) is 12.5. The van der Waals surface area contributed by atoms with Gasteiger partial charge in [0.2, 0.25) is 0 Å². The van der Waals surface area contributed by atoms with Crippen molar-refractivity contribution < 1.29 is 0 Å². The fraction of sp³-hybridized carbons (Fsp3) is 0.0769. The summed E-state index contributed by atoms with van der Waals surface area (Å²) < 4.78 is 0.914. The van der Waals surface area contributed by atoms with Gasteiger partial charge in [-0.25, -0.2) is 0 Å². The minimum atomic E-state index is -0.333. The molecule has 0 radical (unpaired) electrons. The van der Waals surface area contributed by atoms with Crippen LogP contribution >= 0.6 is 50.7 Å². The second kappa shape index (κ2) is 5.81. The molecule has 0 fully saturated rings. The molecule has 94 valence electrons. The number of hydrogen-bond acceptors (Lipinski definition) is 1. The van der Waals surface area contributed by atoms with E-state index in [0.717, 1.165) is 15.6 Å². The van der Waals surface area contributed by atoms with Gasteiger partial charge >= 0.3 is 0 Å². The second-order valence-corrected chi connectivity index (χ2v) is 5.95. The highest BCUT2D eigenvalue weighted by atomic mass is 79.9. The molecule has 0 aliphatic rings. The second-order valence-electron chi connectivity index (χ2n) is 3.82. The molecule has 0 spiro atoms. The van der Waals surface area contributed by atoms with Crippen molar-refractivity contribution in [3.63, 3.8) is 0 Å². The van der Waals surface area contributed by atoms with Gasteiger partial charge in [-0.2, -0.15) is 0 Å². The zero-order valence-electron chi connectivity index (χ0n) is 9.13. The molecule has 5 heteroatoms. The molecule has 2 N–H and O–H groups in total. The van der Waals surface area contributed by atoms with Gasteiger partial charge in [0.15, 0.2) is 0 Å². The van der Waals surface area contributed by atoms with E-state index in [1.165, 1.54) is 0 Å². The van der Waals surface area contributed by atoms with E-state index in [1.807, 2.05) is 24.3 Å². The van der Waals surface area contributed by atoms with Gasteiger partial charge in [0.05, 0.1) is 16.1 Å². The maximum Gasteiger partial charge on any atom is 0.0595 e. The number of halogens is 4. The maximum atomic E-state index is 6.18. The van der Waals surface area contributed by atoms with E-state index in [-0.39, 0.29) is 6.04 Å². The summed E-state index contributed by atoms with van der Waals surface area (Å²) in [6.45, 7) is 0.